The molecule has 1 aliphatic rings. The zero-order valence-corrected chi connectivity index (χ0v) is 12.7. The highest BCUT2D eigenvalue weighted by molar-refractivity contribution is 5.29. The number of hydrogen-bond donors (Lipinski definition) is 1. The van der Waals surface area contributed by atoms with E-state index in [2.05, 4.69) is 5.32 Å². The lowest BCUT2D eigenvalue weighted by Gasteiger charge is -2.29. The van der Waals surface area contributed by atoms with Crippen molar-refractivity contribution in [3.05, 3.63) is 29.6 Å². The van der Waals surface area contributed by atoms with E-state index in [4.69, 9.17) is 4.74 Å². The maximum Gasteiger partial charge on any atom is 0.130 e. The topological polar surface area (TPSA) is 21.3 Å². The third-order valence-corrected chi connectivity index (χ3v) is 4.75. The summed E-state index contributed by atoms with van der Waals surface area (Å²) in [5.74, 6) is 0.461. The summed E-state index contributed by atoms with van der Waals surface area (Å²) in [6.45, 7) is 1.06. The fourth-order valence-electron chi connectivity index (χ4n) is 3.40. The molecule has 0 aromatic heterocycles. The van der Waals surface area contributed by atoms with Crippen LogP contribution in [0.4, 0.5) is 4.39 Å². The van der Waals surface area contributed by atoms with Gasteiger partial charge in [-0.05, 0) is 62.7 Å². The normalized spacial score (nSPS) is 17.4. The second-order valence-corrected chi connectivity index (χ2v) is 6.02. The fraction of sp³-hybridized carbons (Fsp3) is 0.647. The molecule has 0 bridgehead atoms. The molecule has 20 heavy (non-hydrogen) atoms. The number of benzene rings is 1. The Kier molecular flexibility index (Phi) is 5.41. The SMILES string of the molecule is CNCCC1(CCc2ccc(OC)cc2F)CCCC1. The maximum absolute atomic E-state index is 14.0. The summed E-state index contributed by atoms with van der Waals surface area (Å²) in [5.41, 5.74) is 1.25. The summed E-state index contributed by atoms with van der Waals surface area (Å²) in [7, 11) is 3.57. The highest BCUT2D eigenvalue weighted by Crippen LogP contribution is 2.44. The average molecular weight is 279 g/mol. The maximum atomic E-state index is 14.0. The Morgan fingerprint density at radius 3 is 2.60 bits per heavy atom. The number of ether oxygens (including phenoxy) is 1. The minimum absolute atomic E-state index is 0.133. The van der Waals surface area contributed by atoms with E-state index in [1.54, 1.807) is 7.11 Å². The van der Waals surface area contributed by atoms with Crippen molar-refractivity contribution >= 4 is 0 Å². The lowest BCUT2D eigenvalue weighted by atomic mass is 9.77. The quantitative estimate of drug-likeness (QED) is 0.816. The standard InChI is InChI=1S/C17H26FNO/c1-19-12-11-17(8-3-4-9-17)10-7-14-5-6-15(20-2)13-16(14)18/h5-6,13,19H,3-4,7-12H2,1-2H3. The minimum Gasteiger partial charge on any atom is -0.497 e. The number of rotatable bonds is 7. The molecular weight excluding hydrogens is 253 g/mol. The molecule has 1 aromatic carbocycles. The van der Waals surface area contributed by atoms with Gasteiger partial charge in [0.2, 0.25) is 0 Å². The Balaban J connectivity index is 1.98. The van der Waals surface area contributed by atoms with Gasteiger partial charge in [-0.3, -0.25) is 0 Å². The lowest BCUT2D eigenvalue weighted by Crippen LogP contribution is -2.23. The Labute approximate surface area is 121 Å². The molecule has 0 heterocycles. The summed E-state index contributed by atoms with van der Waals surface area (Å²) >= 11 is 0. The van der Waals surface area contributed by atoms with Crippen LogP contribution in [-0.2, 0) is 6.42 Å². The molecular formula is C17H26FNO. The van der Waals surface area contributed by atoms with Gasteiger partial charge in [0.15, 0.2) is 0 Å². The molecule has 1 saturated carbocycles. The first-order valence-electron chi connectivity index (χ1n) is 7.66. The zero-order chi connectivity index (χ0) is 14.4. The minimum atomic E-state index is -0.133. The number of nitrogens with one attached hydrogen (secondary N) is 1. The molecule has 112 valence electrons. The van der Waals surface area contributed by atoms with Gasteiger partial charge in [-0.1, -0.05) is 18.9 Å². The molecule has 1 fully saturated rings. The smallest absolute Gasteiger partial charge is 0.130 e. The summed E-state index contributed by atoms with van der Waals surface area (Å²) in [6.07, 6.45) is 8.39. The Morgan fingerprint density at radius 1 is 1.25 bits per heavy atom. The van der Waals surface area contributed by atoms with Crippen molar-refractivity contribution in [3.8, 4) is 5.75 Å². The second-order valence-electron chi connectivity index (χ2n) is 6.02. The predicted molar refractivity (Wildman–Crippen MR) is 80.7 cm³/mol. The Bertz CT molecular complexity index is 427. The summed E-state index contributed by atoms with van der Waals surface area (Å²) in [5, 5.41) is 3.25. The lowest BCUT2D eigenvalue weighted by molar-refractivity contribution is 0.246. The largest absolute Gasteiger partial charge is 0.497 e. The first-order valence-corrected chi connectivity index (χ1v) is 7.66. The molecule has 0 spiro atoms. The van der Waals surface area contributed by atoms with Gasteiger partial charge in [-0.25, -0.2) is 4.39 Å². The van der Waals surface area contributed by atoms with Crippen LogP contribution in [-0.4, -0.2) is 20.7 Å². The van der Waals surface area contributed by atoms with E-state index < -0.39 is 0 Å². The van der Waals surface area contributed by atoms with Crippen molar-refractivity contribution in [1.82, 2.24) is 5.32 Å². The number of methoxy groups -OCH3 is 1. The Morgan fingerprint density at radius 2 is 2.00 bits per heavy atom. The van der Waals surface area contributed by atoms with Gasteiger partial charge in [-0.15, -0.1) is 0 Å². The van der Waals surface area contributed by atoms with E-state index in [0.29, 0.717) is 11.2 Å². The van der Waals surface area contributed by atoms with Crippen molar-refractivity contribution in [2.24, 2.45) is 5.41 Å². The van der Waals surface area contributed by atoms with Crippen LogP contribution in [0.25, 0.3) is 0 Å². The van der Waals surface area contributed by atoms with Crippen LogP contribution in [0.3, 0.4) is 0 Å². The molecule has 2 rings (SSSR count). The van der Waals surface area contributed by atoms with E-state index in [-0.39, 0.29) is 5.82 Å². The Hall–Kier alpha value is -1.09. The molecule has 2 nitrogen and oxygen atoms in total. The zero-order valence-electron chi connectivity index (χ0n) is 12.7. The van der Waals surface area contributed by atoms with Crippen molar-refractivity contribution < 1.29 is 9.13 Å². The molecule has 1 aliphatic carbocycles. The predicted octanol–water partition coefficient (Wildman–Crippen LogP) is 3.94. The van der Waals surface area contributed by atoms with Crippen LogP contribution in [0.15, 0.2) is 18.2 Å². The van der Waals surface area contributed by atoms with Crippen LogP contribution in [0.2, 0.25) is 0 Å². The van der Waals surface area contributed by atoms with Gasteiger partial charge in [0.1, 0.15) is 11.6 Å². The number of aryl methyl sites for hydroxylation is 1. The van der Waals surface area contributed by atoms with Crippen molar-refractivity contribution in [3.63, 3.8) is 0 Å². The van der Waals surface area contributed by atoms with Crippen LogP contribution in [0.1, 0.15) is 44.1 Å². The summed E-state index contributed by atoms with van der Waals surface area (Å²) in [6, 6.07) is 5.21. The van der Waals surface area contributed by atoms with Crippen LogP contribution < -0.4 is 10.1 Å². The number of hydrogen-bond acceptors (Lipinski definition) is 2. The van der Waals surface area contributed by atoms with Gasteiger partial charge < -0.3 is 10.1 Å². The van der Waals surface area contributed by atoms with Gasteiger partial charge in [0.05, 0.1) is 7.11 Å². The number of halogens is 1. The summed E-state index contributed by atoms with van der Waals surface area (Å²) < 4.78 is 19.0. The van der Waals surface area contributed by atoms with Crippen molar-refractivity contribution in [2.75, 3.05) is 20.7 Å². The van der Waals surface area contributed by atoms with Gasteiger partial charge in [-0.2, -0.15) is 0 Å². The van der Waals surface area contributed by atoms with Crippen LogP contribution in [0.5, 0.6) is 5.75 Å². The third-order valence-electron chi connectivity index (χ3n) is 4.75. The molecule has 0 radical (unpaired) electrons. The van der Waals surface area contributed by atoms with Crippen molar-refractivity contribution in [2.45, 2.75) is 44.9 Å². The third kappa shape index (κ3) is 3.72. The van der Waals surface area contributed by atoms with E-state index in [1.807, 2.05) is 19.2 Å². The average Bonchev–Trinajstić information content (AvgIpc) is 2.93. The highest BCUT2D eigenvalue weighted by Gasteiger charge is 2.32. The van der Waals surface area contributed by atoms with E-state index in [9.17, 15) is 4.39 Å². The van der Waals surface area contributed by atoms with Crippen LogP contribution in [0, 0.1) is 11.2 Å². The first kappa shape index (κ1) is 15.3. The monoisotopic (exact) mass is 279 g/mol. The molecule has 1 N–H and O–H groups in total. The van der Waals surface area contributed by atoms with Crippen LogP contribution >= 0.6 is 0 Å². The van der Waals surface area contributed by atoms with E-state index in [1.165, 1.54) is 38.2 Å². The molecule has 0 atom stereocenters. The van der Waals surface area contributed by atoms with Gasteiger partial charge >= 0.3 is 0 Å². The molecule has 0 unspecified atom stereocenters. The summed E-state index contributed by atoms with van der Waals surface area (Å²) in [4.78, 5) is 0. The first-order chi connectivity index (χ1) is 9.69. The molecule has 0 amide bonds. The fourth-order valence-corrected chi connectivity index (χ4v) is 3.40. The second kappa shape index (κ2) is 7.07. The van der Waals surface area contributed by atoms with Gasteiger partial charge in [0.25, 0.3) is 0 Å². The molecule has 0 saturated heterocycles. The molecule has 0 aliphatic heterocycles. The van der Waals surface area contributed by atoms with E-state index >= 15 is 0 Å². The highest BCUT2D eigenvalue weighted by atomic mass is 19.1. The molecule has 1 aromatic rings. The van der Waals surface area contributed by atoms with E-state index in [0.717, 1.165) is 24.9 Å². The van der Waals surface area contributed by atoms with Gasteiger partial charge in [0, 0.05) is 6.07 Å². The van der Waals surface area contributed by atoms with Crippen molar-refractivity contribution in [1.29, 1.82) is 0 Å². The molecule has 3 heteroatoms.